The summed E-state index contributed by atoms with van der Waals surface area (Å²) in [6, 6.07) is 5.60. The highest BCUT2D eigenvalue weighted by atomic mass is 32.1. The Balaban J connectivity index is 1.50. The second-order valence-corrected chi connectivity index (χ2v) is 7.20. The van der Waals surface area contributed by atoms with Crippen molar-refractivity contribution in [3.8, 4) is 10.7 Å². The molecule has 0 aliphatic heterocycles. The fraction of sp³-hybridized carbons (Fsp3) is 0.300. The quantitative estimate of drug-likeness (QED) is 0.309. The number of ether oxygens (including phenoxy) is 1. The van der Waals surface area contributed by atoms with Gasteiger partial charge in [-0.1, -0.05) is 17.3 Å². The molecule has 146 valence electrons. The molecule has 28 heavy (non-hydrogen) atoms. The number of esters is 1. The van der Waals surface area contributed by atoms with Gasteiger partial charge in [0.2, 0.25) is 17.5 Å². The van der Waals surface area contributed by atoms with E-state index in [4.69, 9.17) is 9.26 Å². The molecule has 0 amide bonds. The number of carbonyl (C=O) groups is 2. The van der Waals surface area contributed by atoms with Gasteiger partial charge in [0.15, 0.2) is 6.61 Å². The van der Waals surface area contributed by atoms with Crippen LogP contribution in [0.3, 0.4) is 0 Å². The Morgan fingerprint density at radius 2 is 2.21 bits per heavy atom. The number of nitrogens with zero attached hydrogens (tertiary/aromatic N) is 3. The minimum absolute atomic E-state index is 0.0643. The lowest BCUT2D eigenvalue weighted by Gasteiger charge is -2.06. The van der Waals surface area contributed by atoms with Crippen LogP contribution in [-0.2, 0) is 22.5 Å². The van der Waals surface area contributed by atoms with Gasteiger partial charge in [-0.15, -0.1) is 17.9 Å². The second kappa shape index (κ2) is 8.79. The Kier molecular flexibility index (Phi) is 6.20. The fourth-order valence-corrected chi connectivity index (χ4v) is 3.51. The minimum atomic E-state index is -0.482. The van der Waals surface area contributed by atoms with Crippen molar-refractivity contribution in [2.75, 3.05) is 6.61 Å². The van der Waals surface area contributed by atoms with E-state index in [9.17, 15) is 9.59 Å². The highest BCUT2D eigenvalue weighted by Crippen LogP contribution is 2.21. The number of ketones is 1. The minimum Gasteiger partial charge on any atom is -0.457 e. The van der Waals surface area contributed by atoms with Gasteiger partial charge in [-0.05, 0) is 31.4 Å². The van der Waals surface area contributed by atoms with Crippen molar-refractivity contribution in [3.05, 3.63) is 59.1 Å². The molecule has 3 heterocycles. The van der Waals surface area contributed by atoms with Crippen LogP contribution < -0.4 is 0 Å². The van der Waals surface area contributed by atoms with E-state index in [0.29, 0.717) is 23.8 Å². The number of aromatic nitrogens is 3. The van der Waals surface area contributed by atoms with Gasteiger partial charge in [-0.2, -0.15) is 4.98 Å². The molecule has 3 aromatic rings. The Morgan fingerprint density at radius 1 is 1.39 bits per heavy atom. The number of carbonyl (C=O) groups excluding carboxylic acids is 2. The molecule has 0 spiro atoms. The third kappa shape index (κ3) is 4.45. The third-order valence-corrected chi connectivity index (χ3v) is 5.17. The van der Waals surface area contributed by atoms with Crippen LogP contribution in [0.5, 0.6) is 0 Å². The van der Waals surface area contributed by atoms with Crippen molar-refractivity contribution in [3.63, 3.8) is 0 Å². The lowest BCUT2D eigenvalue weighted by molar-refractivity contribution is -0.142. The van der Waals surface area contributed by atoms with Crippen LogP contribution in [0.2, 0.25) is 0 Å². The standard InChI is InChI=1S/C20H21N3O4S/c1-4-9-23-13(2)11-15(14(23)3)16(24)12-26-19(25)8-7-18-21-20(22-27-18)17-6-5-10-28-17/h4-6,10-11H,1,7-9,12H2,2-3H3. The van der Waals surface area contributed by atoms with Crippen LogP contribution in [0, 0.1) is 13.8 Å². The summed E-state index contributed by atoms with van der Waals surface area (Å²) in [6.45, 7) is 7.85. The Morgan fingerprint density at radius 3 is 2.93 bits per heavy atom. The van der Waals surface area contributed by atoms with Crippen molar-refractivity contribution >= 4 is 23.1 Å². The van der Waals surface area contributed by atoms with E-state index in [1.165, 1.54) is 11.3 Å². The molecule has 3 aromatic heterocycles. The summed E-state index contributed by atoms with van der Waals surface area (Å²) in [5.74, 6) is 0.154. The topological polar surface area (TPSA) is 87.2 Å². The van der Waals surface area contributed by atoms with Crippen molar-refractivity contribution in [1.82, 2.24) is 14.7 Å². The van der Waals surface area contributed by atoms with Gasteiger partial charge in [-0.3, -0.25) is 9.59 Å². The molecule has 0 aromatic carbocycles. The average molecular weight is 399 g/mol. The molecule has 0 atom stereocenters. The summed E-state index contributed by atoms with van der Waals surface area (Å²) in [7, 11) is 0. The Labute approximate surface area is 166 Å². The summed E-state index contributed by atoms with van der Waals surface area (Å²) in [5.41, 5.74) is 2.36. The lowest BCUT2D eigenvalue weighted by Crippen LogP contribution is -2.15. The summed E-state index contributed by atoms with van der Waals surface area (Å²) < 4.78 is 12.3. The number of allylic oxidation sites excluding steroid dienone is 1. The number of Topliss-reactive ketones (excluding diaryl/α,β-unsaturated/α-hetero) is 1. The molecule has 0 saturated carbocycles. The van der Waals surface area contributed by atoms with Gasteiger partial charge in [0.25, 0.3) is 0 Å². The van der Waals surface area contributed by atoms with Gasteiger partial charge in [0.05, 0.1) is 11.3 Å². The van der Waals surface area contributed by atoms with Crippen LogP contribution in [-0.4, -0.2) is 33.1 Å². The normalized spacial score (nSPS) is 10.8. The van der Waals surface area contributed by atoms with E-state index in [-0.39, 0.29) is 25.2 Å². The first-order chi connectivity index (χ1) is 13.5. The number of aryl methyl sites for hydroxylation is 2. The lowest BCUT2D eigenvalue weighted by atomic mass is 10.1. The maximum Gasteiger partial charge on any atom is 0.306 e. The van der Waals surface area contributed by atoms with Crippen LogP contribution in [0.15, 0.2) is 40.8 Å². The zero-order chi connectivity index (χ0) is 20.1. The first-order valence-electron chi connectivity index (χ1n) is 8.82. The molecular weight excluding hydrogens is 378 g/mol. The predicted molar refractivity (Wildman–Crippen MR) is 105 cm³/mol. The van der Waals surface area contributed by atoms with Crippen molar-refractivity contribution in [2.45, 2.75) is 33.2 Å². The summed E-state index contributed by atoms with van der Waals surface area (Å²) in [5, 5.41) is 5.82. The number of rotatable bonds is 9. The van der Waals surface area contributed by atoms with Crippen molar-refractivity contribution in [2.24, 2.45) is 0 Å². The molecule has 0 radical (unpaired) electrons. The summed E-state index contributed by atoms with van der Waals surface area (Å²) in [6.07, 6.45) is 2.10. The number of hydrogen-bond acceptors (Lipinski definition) is 7. The van der Waals surface area contributed by atoms with E-state index in [2.05, 4.69) is 16.7 Å². The van der Waals surface area contributed by atoms with E-state index in [1.807, 2.05) is 35.9 Å². The molecular formula is C20H21N3O4S. The SMILES string of the molecule is C=CCn1c(C)cc(C(=O)COC(=O)CCc2nc(-c3cccs3)no2)c1C. The van der Waals surface area contributed by atoms with Gasteiger partial charge in [0, 0.05) is 29.9 Å². The third-order valence-electron chi connectivity index (χ3n) is 4.30. The second-order valence-electron chi connectivity index (χ2n) is 6.26. The monoisotopic (exact) mass is 399 g/mol. The molecule has 0 saturated heterocycles. The zero-order valence-electron chi connectivity index (χ0n) is 15.8. The molecule has 0 fully saturated rings. The van der Waals surface area contributed by atoms with Crippen molar-refractivity contribution < 1.29 is 18.8 Å². The van der Waals surface area contributed by atoms with E-state index in [1.54, 1.807) is 12.1 Å². The van der Waals surface area contributed by atoms with Gasteiger partial charge in [0.1, 0.15) is 0 Å². The average Bonchev–Trinajstić information content (AvgIpc) is 3.41. The predicted octanol–water partition coefficient (Wildman–Crippen LogP) is 3.76. The van der Waals surface area contributed by atoms with E-state index >= 15 is 0 Å². The van der Waals surface area contributed by atoms with Crippen LogP contribution in [0.25, 0.3) is 10.7 Å². The first-order valence-corrected chi connectivity index (χ1v) is 9.70. The van der Waals surface area contributed by atoms with Crippen molar-refractivity contribution in [1.29, 1.82) is 0 Å². The molecule has 3 rings (SSSR count). The molecule has 0 bridgehead atoms. The largest absolute Gasteiger partial charge is 0.457 e. The fourth-order valence-electron chi connectivity index (χ4n) is 2.86. The van der Waals surface area contributed by atoms with Crippen LogP contribution in [0.1, 0.15) is 34.1 Å². The summed E-state index contributed by atoms with van der Waals surface area (Å²) >= 11 is 1.51. The smallest absolute Gasteiger partial charge is 0.306 e. The first kappa shape index (κ1) is 19.8. The number of thiophene rings is 1. The summed E-state index contributed by atoms with van der Waals surface area (Å²) in [4.78, 5) is 29.5. The van der Waals surface area contributed by atoms with Crippen LogP contribution in [0.4, 0.5) is 0 Å². The maximum atomic E-state index is 12.4. The highest BCUT2D eigenvalue weighted by Gasteiger charge is 2.17. The van der Waals surface area contributed by atoms with Gasteiger partial charge < -0.3 is 13.8 Å². The zero-order valence-corrected chi connectivity index (χ0v) is 16.6. The number of hydrogen-bond donors (Lipinski definition) is 0. The molecule has 0 aliphatic carbocycles. The maximum absolute atomic E-state index is 12.4. The highest BCUT2D eigenvalue weighted by molar-refractivity contribution is 7.13. The Bertz CT molecular complexity index is 985. The van der Waals surface area contributed by atoms with Gasteiger partial charge >= 0.3 is 5.97 Å². The molecule has 7 nitrogen and oxygen atoms in total. The molecule has 0 aliphatic rings. The molecule has 0 N–H and O–H groups in total. The van der Waals surface area contributed by atoms with E-state index in [0.717, 1.165) is 16.3 Å². The van der Waals surface area contributed by atoms with Crippen LogP contribution >= 0.6 is 11.3 Å². The van der Waals surface area contributed by atoms with Gasteiger partial charge in [-0.25, -0.2) is 0 Å². The molecule has 8 heteroatoms. The molecule has 0 unspecified atom stereocenters. The van der Waals surface area contributed by atoms with E-state index < -0.39 is 5.97 Å². The Hall–Kier alpha value is -3.00.